The fourth-order valence-electron chi connectivity index (χ4n) is 3.26. The fraction of sp³-hybridized carbons (Fsp3) is 0.360. The molecule has 3 heteroatoms. The van der Waals surface area contributed by atoms with Crippen LogP contribution in [0.25, 0.3) is 6.08 Å². The summed E-state index contributed by atoms with van der Waals surface area (Å²) in [6, 6.07) is 17.2. The van der Waals surface area contributed by atoms with Gasteiger partial charge in [0.15, 0.2) is 5.60 Å². The molecule has 3 nitrogen and oxygen atoms in total. The summed E-state index contributed by atoms with van der Waals surface area (Å²) in [5.41, 5.74) is 1.54. The Bertz CT molecular complexity index is 803. The van der Waals surface area contributed by atoms with Gasteiger partial charge in [-0.3, -0.25) is 4.79 Å². The molecule has 1 unspecified atom stereocenters. The number of ether oxygens (including phenoxy) is 1. The van der Waals surface area contributed by atoms with Gasteiger partial charge in [-0.05, 0) is 36.0 Å². The molecule has 148 valence electrons. The molecule has 0 aromatic heterocycles. The van der Waals surface area contributed by atoms with E-state index >= 15 is 0 Å². The summed E-state index contributed by atoms with van der Waals surface area (Å²) in [7, 11) is 0. The Morgan fingerprint density at radius 3 is 2.18 bits per heavy atom. The molecule has 0 saturated heterocycles. The molecule has 0 heterocycles. The highest BCUT2D eigenvalue weighted by Crippen LogP contribution is 2.29. The highest BCUT2D eigenvalue weighted by atomic mass is 16.6. The maximum atomic E-state index is 13.3. The van der Waals surface area contributed by atoms with Crippen LogP contribution in [0.15, 0.2) is 60.7 Å². The average molecular weight is 379 g/mol. The minimum atomic E-state index is -1.13. The van der Waals surface area contributed by atoms with Crippen LogP contribution in [-0.2, 0) is 9.53 Å². The van der Waals surface area contributed by atoms with Crippen LogP contribution >= 0.6 is 0 Å². The predicted molar refractivity (Wildman–Crippen MR) is 114 cm³/mol. The second-order valence-electron chi connectivity index (χ2n) is 7.37. The topological polar surface area (TPSA) is 43.4 Å². The van der Waals surface area contributed by atoms with Gasteiger partial charge in [0.1, 0.15) is 0 Å². The number of ketones is 1. The summed E-state index contributed by atoms with van der Waals surface area (Å²) in [5.74, 6) is -0.225. The summed E-state index contributed by atoms with van der Waals surface area (Å²) in [4.78, 5) is 25.8. The number of hydrogen-bond acceptors (Lipinski definition) is 3. The quantitative estimate of drug-likeness (QED) is 0.296. The van der Waals surface area contributed by atoms with Crippen LogP contribution in [0.2, 0.25) is 0 Å². The minimum absolute atomic E-state index is 0.131. The van der Waals surface area contributed by atoms with E-state index in [-0.39, 0.29) is 5.78 Å². The molecule has 0 spiro atoms. The molecule has 0 bridgehead atoms. The first-order valence-electron chi connectivity index (χ1n) is 10.0. The summed E-state index contributed by atoms with van der Waals surface area (Å²) >= 11 is 0. The van der Waals surface area contributed by atoms with E-state index in [1.54, 1.807) is 6.08 Å². The number of Topliss-reactive ketones (excluding diaryl/α,β-unsaturated/α-hetero) is 1. The predicted octanol–water partition coefficient (Wildman–Crippen LogP) is 6.20. The number of esters is 1. The van der Waals surface area contributed by atoms with E-state index in [9.17, 15) is 9.59 Å². The minimum Gasteiger partial charge on any atom is -0.447 e. The Kier molecular flexibility index (Phi) is 7.74. The zero-order chi connectivity index (χ0) is 20.6. The Morgan fingerprint density at radius 2 is 1.64 bits per heavy atom. The summed E-state index contributed by atoms with van der Waals surface area (Å²) < 4.78 is 5.77. The third-order valence-corrected chi connectivity index (χ3v) is 4.99. The Morgan fingerprint density at radius 1 is 1.00 bits per heavy atom. The summed E-state index contributed by atoms with van der Waals surface area (Å²) in [5, 5.41) is 0. The van der Waals surface area contributed by atoms with Gasteiger partial charge in [-0.1, -0.05) is 88.7 Å². The summed E-state index contributed by atoms with van der Waals surface area (Å²) in [6.07, 6.45) is 4.79. The molecule has 0 aliphatic rings. The maximum absolute atomic E-state index is 13.3. The largest absolute Gasteiger partial charge is 0.447 e. The molecular weight excluding hydrogens is 348 g/mol. The molecule has 2 rings (SSSR count). The number of rotatable bonds is 9. The normalized spacial score (nSPS) is 13.5. The van der Waals surface area contributed by atoms with E-state index in [1.807, 2.05) is 68.4 Å². The molecule has 2 aromatic rings. The van der Waals surface area contributed by atoms with E-state index in [1.165, 1.54) is 11.6 Å². The van der Waals surface area contributed by atoms with E-state index < -0.39 is 11.6 Å². The van der Waals surface area contributed by atoms with Gasteiger partial charge in [-0.25, -0.2) is 4.79 Å². The van der Waals surface area contributed by atoms with Crippen molar-refractivity contribution in [3.8, 4) is 0 Å². The van der Waals surface area contributed by atoms with Crippen LogP contribution < -0.4 is 0 Å². The van der Waals surface area contributed by atoms with Crippen molar-refractivity contribution in [2.75, 3.05) is 0 Å². The molecule has 0 radical (unpaired) electrons. The van der Waals surface area contributed by atoms with Crippen molar-refractivity contribution >= 4 is 17.8 Å². The van der Waals surface area contributed by atoms with Gasteiger partial charge in [-0.2, -0.15) is 0 Å². The maximum Gasteiger partial charge on any atom is 0.331 e. The average Bonchev–Trinajstić information content (AvgIpc) is 2.72. The zero-order valence-electron chi connectivity index (χ0n) is 17.3. The third-order valence-electron chi connectivity index (χ3n) is 4.99. The van der Waals surface area contributed by atoms with Crippen LogP contribution in [0.3, 0.4) is 0 Å². The Labute approximate surface area is 168 Å². The molecule has 1 atom stereocenters. The zero-order valence-corrected chi connectivity index (χ0v) is 17.3. The van der Waals surface area contributed by atoms with E-state index in [2.05, 4.69) is 13.8 Å². The number of benzene rings is 2. The fourth-order valence-corrected chi connectivity index (χ4v) is 3.26. The lowest BCUT2D eigenvalue weighted by Crippen LogP contribution is -2.42. The van der Waals surface area contributed by atoms with Crippen molar-refractivity contribution in [3.63, 3.8) is 0 Å². The second-order valence-corrected chi connectivity index (χ2v) is 7.37. The lowest BCUT2D eigenvalue weighted by molar-refractivity contribution is -0.150. The van der Waals surface area contributed by atoms with Gasteiger partial charge in [0.2, 0.25) is 5.78 Å². The molecular formula is C25H30O3. The summed E-state index contributed by atoms with van der Waals surface area (Å²) in [6.45, 7) is 8.12. The van der Waals surface area contributed by atoms with Crippen molar-refractivity contribution < 1.29 is 14.3 Å². The lowest BCUT2D eigenvalue weighted by Gasteiger charge is -2.30. The van der Waals surface area contributed by atoms with Crippen LogP contribution in [0.5, 0.6) is 0 Å². The van der Waals surface area contributed by atoms with Gasteiger partial charge in [0.05, 0.1) is 0 Å². The molecule has 2 aromatic carbocycles. The molecule has 0 N–H and O–H groups in total. The van der Waals surface area contributed by atoms with Crippen LogP contribution in [-0.4, -0.2) is 17.4 Å². The van der Waals surface area contributed by atoms with Crippen molar-refractivity contribution in [1.29, 1.82) is 0 Å². The van der Waals surface area contributed by atoms with Gasteiger partial charge in [0.25, 0.3) is 0 Å². The van der Waals surface area contributed by atoms with Gasteiger partial charge >= 0.3 is 5.97 Å². The second kappa shape index (κ2) is 10.0. The van der Waals surface area contributed by atoms with Crippen molar-refractivity contribution in [2.45, 2.75) is 58.5 Å². The third kappa shape index (κ3) is 5.41. The first kappa shape index (κ1) is 21.6. The van der Waals surface area contributed by atoms with Gasteiger partial charge in [-0.15, -0.1) is 0 Å². The van der Waals surface area contributed by atoms with Crippen LogP contribution in [0, 0.1) is 0 Å². The number of carbonyl (C=O) groups is 2. The van der Waals surface area contributed by atoms with E-state index in [0.717, 1.165) is 12.0 Å². The Balaban J connectivity index is 2.23. The van der Waals surface area contributed by atoms with Crippen molar-refractivity contribution in [3.05, 3.63) is 77.4 Å². The smallest absolute Gasteiger partial charge is 0.331 e. The number of carbonyl (C=O) groups excluding carboxylic acids is 2. The standard InChI is InChI=1S/C25H30O3/c1-5-18-25(6-2,24(27)22-15-13-21(14-16-22)19(3)4)28-23(26)17-12-20-10-8-7-9-11-20/h7-17,19H,5-6,18H2,1-4H3/b17-12+. The van der Waals surface area contributed by atoms with Gasteiger partial charge in [0, 0.05) is 11.6 Å². The molecule has 0 fully saturated rings. The van der Waals surface area contributed by atoms with E-state index in [0.29, 0.717) is 24.3 Å². The van der Waals surface area contributed by atoms with Crippen LogP contribution in [0.4, 0.5) is 0 Å². The van der Waals surface area contributed by atoms with E-state index in [4.69, 9.17) is 4.74 Å². The van der Waals surface area contributed by atoms with Crippen LogP contribution in [0.1, 0.15) is 74.4 Å². The Hall–Kier alpha value is -2.68. The molecule has 0 aliphatic carbocycles. The molecule has 0 amide bonds. The number of hydrogen-bond donors (Lipinski definition) is 0. The SMILES string of the molecule is CCCC(CC)(OC(=O)/C=C/c1ccccc1)C(=O)c1ccc(C(C)C)cc1. The molecule has 0 saturated carbocycles. The van der Waals surface area contributed by atoms with Gasteiger partial charge < -0.3 is 4.74 Å². The first-order valence-corrected chi connectivity index (χ1v) is 10.0. The highest BCUT2D eigenvalue weighted by molar-refractivity contribution is 6.04. The monoisotopic (exact) mass is 378 g/mol. The highest BCUT2D eigenvalue weighted by Gasteiger charge is 2.40. The molecule has 28 heavy (non-hydrogen) atoms. The molecule has 0 aliphatic heterocycles. The van der Waals surface area contributed by atoms with Crippen molar-refractivity contribution in [1.82, 2.24) is 0 Å². The first-order chi connectivity index (χ1) is 13.4. The lowest BCUT2D eigenvalue weighted by atomic mass is 9.85. The van der Waals surface area contributed by atoms with Crippen molar-refractivity contribution in [2.24, 2.45) is 0 Å².